The quantitative estimate of drug-likeness (QED) is 0.559. The van der Waals surface area contributed by atoms with Crippen LogP contribution in [0.15, 0.2) is 11.6 Å². The third-order valence-electron chi connectivity index (χ3n) is 0.308. The van der Waals surface area contributed by atoms with Crippen molar-refractivity contribution >= 4 is 27.5 Å². The van der Waals surface area contributed by atoms with E-state index in [-0.39, 0.29) is 0 Å². The van der Waals surface area contributed by atoms with Crippen molar-refractivity contribution in [2.75, 3.05) is 0 Å². The van der Waals surface area contributed by atoms with E-state index in [0.717, 1.165) is 0 Å². The Morgan fingerprint density at radius 2 is 1.86 bits per heavy atom. The molecule has 0 atom stereocenters. The molecule has 0 amide bonds. The van der Waals surface area contributed by atoms with Gasteiger partial charge in [0.15, 0.2) is 0 Å². The van der Waals surface area contributed by atoms with Crippen molar-refractivity contribution in [3.8, 4) is 0 Å². The minimum Gasteiger partial charge on any atom is -0.187 e. The molecule has 0 saturated carbocycles. The molecule has 7 heavy (non-hydrogen) atoms. The molecule has 0 aromatic rings. The Bertz CT molecular complexity index is 85.4. The van der Waals surface area contributed by atoms with Crippen molar-refractivity contribution in [1.82, 2.24) is 0 Å². The van der Waals surface area contributed by atoms with Gasteiger partial charge in [-0.25, -0.2) is 0 Å². The van der Waals surface area contributed by atoms with Gasteiger partial charge in [0.1, 0.15) is 0 Å². The first kappa shape index (κ1) is 7.37. The lowest BCUT2D eigenvalue weighted by Gasteiger charge is -2.01. The Morgan fingerprint density at radius 3 is 1.86 bits per heavy atom. The molecule has 0 aromatic carbocycles. The van der Waals surface area contributed by atoms with Crippen LogP contribution in [0.5, 0.6) is 0 Å². The van der Waals surface area contributed by atoms with Gasteiger partial charge < -0.3 is 0 Å². The number of rotatable bonds is 1. The molecule has 0 fully saturated rings. The molecule has 0 unspecified atom stereocenters. The lowest BCUT2D eigenvalue weighted by atomic mass is 10.7. The highest BCUT2D eigenvalue weighted by molar-refractivity contribution is 9.10. The summed E-state index contributed by atoms with van der Waals surface area (Å²) < 4.78 is 23.1. The van der Waals surface area contributed by atoms with E-state index in [2.05, 4.69) is 6.58 Å². The number of alkyl halides is 3. The van der Waals surface area contributed by atoms with E-state index in [1.165, 1.54) is 0 Å². The SMILES string of the molecule is C=C(Cl)C(F)(F)Br. The van der Waals surface area contributed by atoms with E-state index < -0.39 is 9.86 Å². The highest BCUT2D eigenvalue weighted by Crippen LogP contribution is 2.31. The predicted molar refractivity (Wildman–Crippen MR) is 28.9 cm³/mol. The first-order chi connectivity index (χ1) is 2.94. The van der Waals surface area contributed by atoms with Crippen LogP contribution in [0.2, 0.25) is 0 Å². The van der Waals surface area contributed by atoms with Crippen molar-refractivity contribution in [1.29, 1.82) is 0 Å². The van der Waals surface area contributed by atoms with Gasteiger partial charge in [-0.2, -0.15) is 8.78 Å². The molecule has 0 aliphatic heterocycles. The summed E-state index contributed by atoms with van der Waals surface area (Å²) in [7, 11) is 0. The number of allylic oxidation sites excluding steroid dienone is 1. The molecule has 4 heteroatoms. The molecule has 0 heterocycles. The number of halogens is 4. The monoisotopic (exact) mass is 190 g/mol. The summed E-state index contributed by atoms with van der Waals surface area (Å²) in [4.78, 5) is -3.12. The molecule has 42 valence electrons. The maximum atomic E-state index is 11.5. The number of hydrogen-bond acceptors (Lipinski definition) is 0. The zero-order valence-corrected chi connectivity index (χ0v) is 5.56. The first-order valence-electron chi connectivity index (χ1n) is 1.36. The van der Waals surface area contributed by atoms with Gasteiger partial charge in [-0.15, -0.1) is 0 Å². The molecule has 0 rings (SSSR count). The van der Waals surface area contributed by atoms with Crippen molar-refractivity contribution in [2.45, 2.75) is 4.83 Å². The van der Waals surface area contributed by atoms with Gasteiger partial charge in [-0.1, -0.05) is 18.2 Å². The van der Waals surface area contributed by atoms with Crippen LogP contribution in [0, 0.1) is 0 Å². The van der Waals surface area contributed by atoms with Crippen molar-refractivity contribution in [3.63, 3.8) is 0 Å². The summed E-state index contributed by atoms with van der Waals surface area (Å²) in [5.41, 5.74) is 0. The van der Waals surface area contributed by atoms with Crippen LogP contribution >= 0.6 is 27.5 Å². The summed E-state index contributed by atoms with van der Waals surface area (Å²) in [6.45, 7) is 2.79. The van der Waals surface area contributed by atoms with E-state index in [9.17, 15) is 8.78 Å². The van der Waals surface area contributed by atoms with Crippen LogP contribution in [0.25, 0.3) is 0 Å². The van der Waals surface area contributed by atoms with Crippen LogP contribution in [-0.4, -0.2) is 4.83 Å². The minimum absolute atomic E-state index is 0.701. The van der Waals surface area contributed by atoms with Gasteiger partial charge in [0.2, 0.25) is 0 Å². The van der Waals surface area contributed by atoms with Crippen LogP contribution in [-0.2, 0) is 0 Å². The van der Waals surface area contributed by atoms with Crippen LogP contribution in [0.3, 0.4) is 0 Å². The average Bonchev–Trinajstić information content (AvgIpc) is 1.31. The summed E-state index contributed by atoms with van der Waals surface area (Å²) in [5.74, 6) is 0. The lowest BCUT2D eigenvalue weighted by Crippen LogP contribution is -2.01. The molecule has 0 radical (unpaired) electrons. The van der Waals surface area contributed by atoms with Gasteiger partial charge in [0, 0.05) is 0 Å². The van der Waals surface area contributed by atoms with Gasteiger partial charge in [-0.3, -0.25) is 0 Å². The average molecular weight is 191 g/mol. The topological polar surface area (TPSA) is 0 Å². The predicted octanol–water partition coefficient (Wildman–Crippen LogP) is 2.73. The normalized spacial score (nSPS) is 11.4. The second kappa shape index (κ2) is 2.09. The third-order valence-corrected chi connectivity index (χ3v) is 1.25. The third kappa shape index (κ3) is 3.00. The summed E-state index contributed by atoms with van der Waals surface area (Å²) in [5, 5.41) is -0.701. The van der Waals surface area contributed by atoms with Crippen LogP contribution in [0.1, 0.15) is 0 Å². The Balaban J connectivity index is 3.79. The molecular weight excluding hydrogens is 189 g/mol. The molecule has 0 aromatic heterocycles. The van der Waals surface area contributed by atoms with Crippen molar-refractivity contribution in [2.24, 2.45) is 0 Å². The fourth-order valence-corrected chi connectivity index (χ4v) is 0. The van der Waals surface area contributed by atoms with Gasteiger partial charge in [-0.05, 0) is 15.9 Å². The molecule has 0 saturated heterocycles. The van der Waals surface area contributed by atoms with Gasteiger partial charge in [0.25, 0.3) is 0 Å². The molecule has 0 aliphatic carbocycles. The highest BCUT2D eigenvalue weighted by atomic mass is 79.9. The Morgan fingerprint density at radius 1 is 1.71 bits per heavy atom. The van der Waals surface area contributed by atoms with Gasteiger partial charge >= 0.3 is 4.83 Å². The highest BCUT2D eigenvalue weighted by Gasteiger charge is 2.26. The summed E-state index contributed by atoms with van der Waals surface area (Å²) in [6.07, 6.45) is 0. The second-order valence-electron chi connectivity index (χ2n) is 0.903. The van der Waals surface area contributed by atoms with Crippen molar-refractivity contribution in [3.05, 3.63) is 11.6 Å². The van der Waals surface area contributed by atoms with Crippen LogP contribution in [0.4, 0.5) is 8.78 Å². The largest absolute Gasteiger partial charge is 0.336 e. The van der Waals surface area contributed by atoms with E-state index in [1.807, 2.05) is 15.9 Å². The van der Waals surface area contributed by atoms with E-state index >= 15 is 0 Å². The van der Waals surface area contributed by atoms with E-state index in [4.69, 9.17) is 11.6 Å². The zero-order valence-electron chi connectivity index (χ0n) is 3.22. The van der Waals surface area contributed by atoms with Gasteiger partial charge in [0.05, 0.1) is 5.03 Å². The number of hydrogen-bond donors (Lipinski definition) is 0. The minimum atomic E-state index is -3.12. The first-order valence-corrected chi connectivity index (χ1v) is 2.53. The fraction of sp³-hybridized carbons (Fsp3) is 0.333. The fourth-order valence-electron chi connectivity index (χ4n) is 0. The lowest BCUT2D eigenvalue weighted by molar-refractivity contribution is 0.166. The molecule has 0 nitrogen and oxygen atoms in total. The smallest absolute Gasteiger partial charge is 0.187 e. The molecular formula is C3H2BrClF2. The molecule has 0 spiro atoms. The van der Waals surface area contributed by atoms with E-state index in [1.54, 1.807) is 0 Å². The Labute approximate surface area is 53.3 Å². The summed E-state index contributed by atoms with van der Waals surface area (Å²) in [6, 6.07) is 0. The standard InChI is InChI=1S/C3H2BrClF2/c1-2(5)3(4,6)7/h1H2. The molecule has 0 N–H and O–H groups in total. The summed E-state index contributed by atoms with van der Waals surface area (Å²) >= 11 is 6.74. The van der Waals surface area contributed by atoms with E-state index in [0.29, 0.717) is 0 Å². The zero-order chi connectivity index (χ0) is 6.08. The maximum absolute atomic E-state index is 11.5. The van der Waals surface area contributed by atoms with Crippen LogP contribution < -0.4 is 0 Å². The maximum Gasteiger partial charge on any atom is 0.336 e. The second-order valence-corrected chi connectivity index (χ2v) is 2.35. The van der Waals surface area contributed by atoms with Crippen molar-refractivity contribution < 1.29 is 8.78 Å². The molecule has 0 aliphatic rings. The Kier molecular flexibility index (Phi) is 2.20. The molecule has 0 bridgehead atoms. The Hall–Kier alpha value is 0.370.